The summed E-state index contributed by atoms with van der Waals surface area (Å²) in [6.45, 7) is 2.19. The van der Waals surface area contributed by atoms with E-state index in [-0.39, 0.29) is 34.4 Å². The van der Waals surface area contributed by atoms with E-state index in [1.807, 2.05) is 6.92 Å². The molecule has 0 saturated heterocycles. The molecule has 2 aliphatic heterocycles. The van der Waals surface area contributed by atoms with Gasteiger partial charge in [-0.25, -0.2) is 14.2 Å². The van der Waals surface area contributed by atoms with Gasteiger partial charge in [-0.05, 0) is 55.2 Å². The number of nitrogens with zero attached hydrogens (tertiary/aromatic N) is 2. The van der Waals surface area contributed by atoms with Crippen molar-refractivity contribution in [3.05, 3.63) is 69.2 Å². The molecule has 2 bridgehead atoms. The maximum Gasteiger partial charge on any atom is 0.409 e. The average Bonchev–Trinajstić information content (AvgIpc) is 3.38. The molecule has 40 heavy (non-hydrogen) atoms. The van der Waals surface area contributed by atoms with Crippen LogP contribution in [0.3, 0.4) is 0 Å². The molecule has 3 aromatic rings. The minimum absolute atomic E-state index is 0.0115. The van der Waals surface area contributed by atoms with Gasteiger partial charge in [-0.2, -0.15) is 0 Å². The molecule has 0 saturated carbocycles. The Bertz CT molecular complexity index is 1540. The predicted octanol–water partition coefficient (Wildman–Crippen LogP) is 6.84. The first kappa shape index (κ1) is 27.9. The number of carboxylic acid groups (broad SMARTS) is 1. The molecule has 0 unspecified atom stereocenters. The molecule has 208 valence electrons. The SMILES string of the molecule is C[C@@H]1CCC[C@H](N2CCC(c3c(Br)ccc(Cl)c3F)=CC2=O)c2cnc([nH]2)-c2ccc(NC(=O)O)cc2NC1=O. The topological polar surface area (TPSA) is 127 Å². The van der Waals surface area contributed by atoms with Gasteiger partial charge in [0.2, 0.25) is 11.8 Å². The third kappa shape index (κ3) is 5.62. The van der Waals surface area contributed by atoms with Gasteiger partial charge in [-0.3, -0.25) is 14.9 Å². The van der Waals surface area contributed by atoms with Gasteiger partial charge in [0.15, 0.2) is 0 Å². The summed E-state index contributed by atoms with van der Waals surface area (Å²) in [5.41, 5.74) is 2.88. The monoisotopic (exact) mass is 629 g/mol. The number of aromatic nitrogens is 2. The molecule has 9 nitrogen and oxygen atoms in total. The van der Waals surface area contributed by atoms with Gasteiger partial charge in [0.25, 0.3) is 0 Å². The Morgan fingerprint density at radius 2 is 2.05 bits per heavy atom. The fourth-order valence-electron chi connectivity index (χ4n) is 5.16. The summed E-state index contributed by atoms with van der Waals surface area (Å²) in [5, 5.41) is 14.3. The molecule has 0 radical (unpaired) electrons. The average molecular weight is 631 g/mol. The Morgan fingerprint density at radius 1 is 1.25 bits per heavy atom. The molecule has 2 aliphatic rings. The third-order valence-corrected chi connectivity index (χ3v) is 8.20. The molecular formula is C28H26BrClFN5O4. The second-order valence-corrected chi connectivity index (χ2v) is 11.1. The van der Waals surface area contributed by atoms with E-state index in [0.29, 0.717) is 65.0 Å². The number of H-pyrrole nitrogens is 1. The fraction of sp³-hybridized carbons (Fsp3) is 0.286. The molecule has 0 aliphatic carbocycles. The first-order chi connectivity index (χ1) is 19.1. The van der Waals surface area contributed by atoms with Crippen molar-refractivity contribution in [1.82, 2.24) is 14.9 Å². The smallest absolute Gasteiger partial charge is 0.409 e. The zero-order valence-corrected chi connectivity index (χ0v) is 23.8. The van der Waals surface area contributed by atoms with Crippen LogP contribution in [0.2, 0.25) is 5.02 Å². The highest BCUT2D eigenvalue weighted by molar-refractivity contribution is 9.10. The number of imidazole rings is 1. The van der Waals surface area contributed by atoms with E-state index in [1.165, 1.54) is 12.1 Å². The number of anilines is 2. The Hall–Kier alpha value is -3.70. The number of fused-ring (bicyclic) bond motifs is 4. The zero-order chi connectivity index (χ0) is 28.6. The van der Waals surface area contributed by atoms with Crippen molar-refractivity contribution in [2.45, 2.75) is 38.6 Å². The summed E-state index contributed by atoms with van der Waals surface area (Å²) in [6, 6.07) is 7.59. The lowest BCUT2D eigenvalue weighted by Gasteiger charge is -2.34. The summed E-state index contributed by atoms with van der Waals surface area (Å²) >= 11 is 9.38. The molecule has 3 heterocycles. The molecule has 1 aromatic heterocycles. The van der Waals surface area contributed by atoms with Crippen molar-refractivity contribution in [1.29, 1.82) is 0 Å². The minimum Gasteiger partial charge on any atom is -0.465 e. The highest BCUT2D eigenvalue weighted by Gasteiger charge is 2.31. The number of hydrogen-bond donors (Lipinski definition) is 4. The molecular weight excluding hydrogens is 605 g/mol. The van der Waals surface area contributed by atoms with E-state index in [4.69, 9.17) is 16.7 Å². The van der Waals surface area contributed by atoms with E-state index in [2.05, 4.69) is 36.5 Å². The zero-order valence-electron chi connectivity index (χ0n) is 21.4. The van der Waals surface area contributed by atoms with Crippen LogP contribution < -0.4 is 10.6 Å². The van der Waals surface area contributed by atoms with E-state index in [0.717, 1.165) is 5.69 Å². The lowest BCUT2D eigenvalue weighted by Crippen LogP contribution is -2.37. The Balaban J connectivity index is 1.50. The number of rotatable bonds is 3. The van der Waals surface area contributed by atoms with Crippen molar-refractivity contribution in [2.75, 3.05) is 17.2 Å². The van der Waals surface area contributed by atoms with Crippen molar-refractivity contribution in [2.24, 2.45) is 5.92 Å². The maximum absolute atomic E-state index is 14.9. The second kappa shape index (κ2) is 11.4. The van der Waals surface area contributed by atoms with Crippen molar-refractivity contribution >= 4 is 62.4 Å². The molecule has 2 aromatic carbocycles. The van der Waals surface area contributed by atoms with Gasteiger partial charge >= 0.3 is 6.09 Å². The molecule has 12 heteroatoms. The lowest BCUT2D eigenvalue weighted by atomic mass is 9.94. The number of carbonyl (C=O) groups is 3. The van der Waals surface area contributed by atoms with Crippen LogP contribution in [0, 0.1) is 11.7 Å². The summed E-state index contributed by atoms with van der Waals surface area (Å²) in [5.74, 6) is -0.876. The summed E-state index contributed by atoms with van der Waals surface area (Å²) < 4.78 is 15.4. The molecule has 2 atom stereocenters. The first-order valence-electron chi connectivity index (χ1n) is 12.8. The summed E-state index contributed by atoms with van der Waals surface area (Å²) in [7, 11) is 0. The number of nitrogens with one attached hydrogen (secondary N) is 3. The molecule has 4 N–H and O–H groups in total. The first-order valence-corrected chi connectivity index (χ1v) is 13.9. The van der Waals surface area contributed by atoms with Crippen LogP contribution in [-0.4, -0.2) is 44.4 Å². The highest BCUT2D eigenvalue weighted by Crippen LogP contribution is 2.38. The standard InChI is InChI=1S/C28H26BrClFN5O4/c1-14-3-2-4-22(36-10-9-15(11-23(36)37)24-18(29)7-8-19(30)25(24)31)21-13-32-26(34-21)17-6-5-16(33-28(39)40)12-20(17)35-27(14)38/h5-8,11-14,22,33H,2-4,9-10H2,1H3,(H,32,34)(H,35,38)(H,39,40)/t14-,22+/m1/s1. The maximum atomic E-state index is 14.9. The van der Waals surface area contributed by atoms with Crippen LogP contribution in [0.5, 0.6) is 0 Å². The highest BCUT2D eigenvalue weighted by atomic mass is 79.9. The number of carbonyl (C=O) groups excluding carboxylic acids is 2. The van der Waals surface area contributed by atoms with Gasteiger partial charge in [-0.1, -0.05) is 40.9 Å². The van der Waals surface area contributed by atoms with Crippen LogP contribution in [0.4, 0.5) is 20.6 Å². The quantitative estimate of drug-likeness (QED) is 0.236. The van der Waals surface area contributed by atoms with Gasteiger partial charge in [0.05, 0.1) is 28.6 Å². The van der Waals surface area contributed by atoms with Crippen LogP contribution in [0.15, 0.2) is 47.1 Å². The second-order valence-electron chi connectivity index (χ2n) is 9.88. The van der Waals surface area contributed by atoms with E-state index >= 15 is 0 Å². The number of hydrogen-bond acceptors (Lipinski definition) is 4. The van der Waals surface area contributed by atoms with Crippen molar-refractivity contribution in [3.8, 4) is 11.4 Å². The van der Waals surface area contributed by atoms with Gasteiger partial charge in [0.1, 0.15) is 11.6 Å². The van der Waals surface area contributed by atoms with E-state index in [9.17, 15) is 18.8 Å². The molecule has 3 amide bonds. The number of aromatic amines is 1. The van der Waals surface area contributed by atoms with Crippen LogP contribution in [0.1, 0.15) is 49.9 Å². The van der Waals surface area contributed by atoms with Crippen LogP contribution in [0.25, 0.3) is 17.0 Å². The van der Waals surface area contributed by atoms with Crippen molar-refractivity contribution < 1.29 is 23.9 Å². The molecule has 0 fully saturated rings. The van der Waals surface area contributed by atoms with Gasteiger partial charge in [-0.15, -0.1) is 0 Å². The largest absolute Gasteiger partial charge is 0.465 e. The normalized spacial score (nSPS) is 19.6. The molecule has 5 rings (SSSR count). The summed E-state index contributed by atoms with van der Waals surface area (Å²) in [6.07, 6.45) is 4.18. The van der Waals surface area contributed by atoms with Crippen LogP contribution in [-0.2, 0) is 9.59 Å². The Kier molecular flexibility index (Phi) is 7.95. The van der Waals surface area contributed by atoms with Crippen molar-refractivity contribution in [3.63, 3.8) is 0 Å². The Morgan fingerprint density at radius 3 is 2.80 bits per heavy atom. The molecule has 0 spiro atoms. The van der Waals surface area contributed by atoms with E-state index in [1.54, 1.807) is 35.4 Å². The lowest BCUT2D eigenvalue weighted by molar-refractivity contribution is -0.129. The van der Waals surface area contributed by atoms with Gasteiger partial charge in [0, 0.05) is 39.8 Å². The van der Waals surface area contributed by atoms with E-state index < -0.39 is 11.9 Å². The predicted molar refractivity (Wildman–Crippen MR) is 153 cm³/mol. The summed E-state index contributed by atoms with van der Waals surface area (Å²) in [4.78, 5) is 47.2. The van der Waals surface area contributed by atoms with Gasteiger partial charge < -0.3 is 20.3 Å². The number of benzene rings is 2. The third-order valence-electron chi connectivity index (χ3n) is 7.24. The fourth-order valence-corrected chi connectivity index (χ4v) is 5.88. The van der Waals surface area contributed by atoms with Crippen LogP contribution >= 0.6 is 27.5 Å². The Labute approximate surface area is 242 Å². The number of amides is 3. The number of halogens is 3. The minimum atomic E-state index is -1.22.